The fraction of sp³-hybridized carbons (Fsp3) is 0.444. The van der Waals surface area contributed by atoms with Crippen molar-refractivity contribution < 1.29 is 0 Å². The van der Waals surface area contributed by atoms with Crippen LogP contribution >= 0.6 is 11.6 Å². The number of aromatic nitrogens is 5. The number of hydrogen-bond acceptors (Lipinski definition) is 8. The van der Waals surface area contributed by atoms with Crippen LogP contribution in [0.2, 0.25) is 5.02 Å². The van der Waals surface area contributed by atoms with E-state index in [9.17, 15) is 0 Å². The van der Waals surface area contributed by atoms with E-state index in [1.807, 2.05) is 25.2 Å². The standard InChI is InChI=1S/C18H24ClN9/c1-28-17-15(26-27-28)16(22-9-12-13(19)3-2-4-14(12)21)24-18(25-17)23-11-7-5-10(20)6-8-11/h2-4,10-11H,5-9,20-21H2,1H3,(H2,22,23,24,25). The molecule has 0 spiro atoms. The minimum absolute atomic E-state index is 0.293. The summed E-state index contributed by atoms with van der Waals surface area (Å²) in [6, 6.07) is 6.06. The minimum Gasteiger partial charge on any atom is -0.398 e. The molecule has 1 aliphatic rings. The van der Waals surface area contributed by atoms with Crippen LogP contribution in [0.25, 0.3) is 11.2 Å². The molecule has 2 heterocycles. The Kier molecular flexibility index (Phi) is 5.19. The lowest BCUT2D eigenvalue weighted by molar-refractivity contribution is 0.410. The summed E-state index contributed by atoms with van der Waals surface area (Å²) in [5.41, 5.74) is 14.8. The number of hydrogen-bond donors (Lipinski definition) is 4. The Morgan fingerprint density at radius 3 is 2.75 bits per heavy atom. The maximum absolute atomic E-state index is 6.28. The molecule has 6 N–H and O–H groups in total. The normalized spacial score (nSPS) is 19.7. The van der Waals surface area contributed by atoms with E-state index in [4.69, 9.17) is 23.1 Å². The number of nitrogens with two attached hydrogens (primary N) is 2. The number of halogens is 1. The van der Waals surface area contributed by atoms with Gasteiger partial charge in [-0.2, -0.15) is 9.97 Å². The van der Waals surface area contributed by atoms with Crippen LogP contribution in [-0.2, 0) is 13.6 Å². The molecule has 1 aliphatic carbocycles. The van der Waals surface area contributed by atoms with Crippen molar-refractivity contribution in [1.82, 2.24) is 25.0 Å². The Balaban J connectivity index is 1.60. The molecule has 0 radical (unpaired) electrons. The molecule has 0 bridgehead atoms. The van der Waals surface area contributed by atoms with E-state index >= 15 is 0 Å². The first kappa shape index (κ1) is 18.7. The number of aryl methyl sites for hydroxylation is 1. The first-order valence-corrected chi connectivity index (χ1v) is 9.75. The van der Waals surface area contributed by atoms with Crippen molar-refractivity contribution in [2.24, 2.45) is 12.8 Å². The molecule has 3 aromatic rings. The average molecular weight is 402 g/mol. The van der Waals surface area contributed by atoms with Crippen LogP contribution in [0.3, 0.4) is 0 Å². The SMILES string of the molecule is Cn1nnc2c(NCc3c(N)cccc3Cl)nc(NC3CCC(N)CC3)nc21. The molecule has 0 aliphatic heterocycles. The summed E-state index contributed by atoms with van der Waals surface area (Å²) in [5, 5.41) is 15.6. The summed E-state index contributed by atoms with van der Waals surface area (Å²) >= 11 is 6.28. The summed E-state index contributed by atoms with van der Waals surface area (Å²) in [7, 11) is 1.81. The van der Waals surface area contributed by atoms with Gasteiger partial charge in [0.1, 0.15) is 0 Å². The van der Waals surface area contributed by atoms with E-state index in [0.29, 0.717) is 52.3 Å². The van der Waals surface area contributed by atoms with Crippen LogP contribution in [0, 0.1) is 0 Å². The van der Waals surface area contributed by atoms with Crippen LogP contribution in [0.15, 0.2) is 18.2 Å². The van der Waals surface area contributed by atoms with E-state index in [1.54, 1.807) is 4.68 Å². The highest BCUT2D eigenvalue weighted by atomic mass is 35.5. The highest BCUT2D eigenvalue weighted by Crippen LogP contribution is 2.26. The van der Waals surface area contributed by atoms with Crippen LogP contribution in [0.4, 0.5) is 17.5 Å². The summed E-state index contributed by atoms with van der Waals surface area (Å²) in [6.45, 7) is 0.423. The predicted molar refractivity (Wildman–Crippen MR) is 111 cm³/mol. The van der Waals surface area contributed by atoms with Gasteiger partial charge in [0.05, 0.1) is 0 Å². The van der Waals surface area contributed by atoms with Crippen LogP contribution in [0.5, 0.6) is 0 Å². The smallest absolute Gasteiger partial charge is 0.227 e. The number of anilines is 3. The maximum Gasteiger partial charge on any atom is 0.227 e. The summed E-state index contributed by atoms with van der Waals surface area (Å²) < 4.78 is 1.63. The van der Waals surface area contributed by atoms with E-state index < -0.39 is 0 Å². The monoisotopic (exact) mass is 401 g/mol. The second-order valence-corrected chi connectivity index (χ2v) is 7.61. The fourth-order valence-electron chi connectivity index (χ4n) is 3.48. The molecule has 10 heteroatoms. The number of nitrogen functional groups attached to an aromatic ring is 1. The molecule has 9 nitrogen and oxygen atoms in total. The van der Waals surface area contributed by atoms with Gasteiger partial charge in [0, 0.05) is 41.9 Å². The Hall–Kier alpha value is -2.65. The van der Waals surface area contributed by atoms with Gasteiger partial charge in [0.15, 0.2) is 17.0 Å². The Bertz CT molecular complexity index is 958. The molecule has 1 aromatic carbocycles. The van der Waals surface area contributed by atoms with Crippen molar-refractivity contribution in [3.8, 4) is 0 Å². The molecule has 0 amide bonds. The van der Waals surface area contributed by atoms with Crippen molar-refractivity contribution in [2.45, 2.75) is 44.3 Å². The number of benzene rings is 1. The van der Waals surface area contributed by atoms with Crippen molar-refractivity contribution in [2.75, 3.05) is 16.4 Å². The van der Waals surface area contributed by atoms with Crippen LogP contribution in [0.1, 0.15) is 31.2 Å². The van der Waals surface area contributed by atoms with Gasteiger partial charge in [-0.15, -0.1) is 5.10 Å². The largest absolute Gasteiger partial charge is 0.398 e. The molecule has 4 rings (SSSR count). The van der Waals surface area contributed by atoms with E-state index in [2.05, 4.69) is 30.9 Å². The Morgan fingerprint density at radius 1 is 1.21 bits per heavy atom. The summed E-state index contributed by atoms with van der Waals surface area (Å²) in [4.78, 5) is 9.23. The number of rotatable bonds is 5. The van der Waals surface area contributed by atoms with E-state index in [0.717, 1.165) is 31.2 Å². The molecule has 0 unspecified atom stereocenters. The van der Waals surface area contributed by atoms with Crippen LogP contribution in [-0.4, -0.2) is 37.0 Å². The minimum atomic E-state index is 0.293. The van der Waals surface area contributed by atoms with Gasteiger partial charge in [-0.25, -0.2) is 4.68 Å². The van der Waals surface area contributed by atoms with Crippen molar-refractivity contribution >= 4 is 40.2 Å². The maximum atomic E-state index is 6.28. The van der Waals surface area contributed by atoms with Crippen molar-refractivity contribution in [3.63, 3.8) is 0 Å². The van der Waals surface area contributed by atoms with Gasteiger partial charge in [-0.05, 0) is 37.8 Å². The second kappa shape index (κ2) is 7.76. The lowest BCUT2D eigenvalue weighted by atomic mass is 9.92. The summed E-state index contributed by atoms with van der Waals surface area (Å²) in [5.74, 6) is 1.14. The van der Waals surface area contributed by atoms with E-state index in [1.165, 1.54) is 0 Å². The van der Waals surface area contributed by atoms with Gasteiger partial charge in [-0.1, -0.05) is 22.9 Å². The van der Waals surface area contributed by atoms with Gasteiger partial charge < -0.3 is 22.1 Å². The summed E-state index contributed by atoms with van der Waals surface area (Å²) in [6.07, 6.45) is 4.02. The lowest BCUT2D eigenvalue weighted by Gasteiger charge is -2.26. The molecular formula is C18H24ClN9. The third kappa shape index (κ3) is 3.81. The highest BCUT2D eigenvalue weighted by Gasteiger charge is 2.21. The quantitative estimate of drug-likeness (QED) is 0.478. The molecule has 28 heavy (non-hydrogen) atoms. The Labute approximate surface area is 167 Å². The van der Waals surface area contributed by atoms with Crippen molar-refractivity contribution in [3.05, 3.63) is 28.8 Å². The molecule has 0 atom stereocenters. The zero-order valence-corrected chi connectivity index (χ0v) is 16.4. The number of nitrogens with zero attached hydrogens (tertiary/aromatic N) is 5. The Morgan fingerprint density at radius 2 is 2.00 bits per heavy atom. The van der Waals surface area contributed by atoms with Gasteiger partial charge in [0.2, 0.25) is 5.95 Å². The number of fused-ring (bicyclic) bond motifs is 1. The average Bonchev–Trinajstić information content (AvgIpc) is 3.04. The van der Waals surface area contributed by atoms with E-state index in [-0.39, 0.29) is 0 Å². The lowest BCUT2D eigenvalue weighted by Crippen LogP contribution is -2.33. The van der Waals surface area contributed by atoms with Gasteiger partial charge >= 0.3 is 0 Å². The van der Waals surface area contributed by atoms with Gasteiger partial charge in [0.25, 0.3) is 0 Å². The van der Waals surface area contributed by atoms with Gasteiger partial charge in [-0.3, -0.25) is 0 Å². The molecule has 1 saturated carbocycles. The fourth-order valence-corrected chi connectivity index (χ4v) is 3.73. The molecule has 148 valence electrons. The molecule has 0 saturated heterocycles. The topological polar surface area (TPSA) is 133 Å². The molecule has 1 fully saturated rings. The molecular weight excluding hydrogens is 378 g/mol. The molecule has 2 aromatic heterocycles. The highest BCUT2D eigenvalue weighted by molar-refractivity contribution is 6.31. The zero-order chi connectivity index (χ0) is 19.7. The zero-order valence-electron chi connectivity index (χ0n) is 15.7. The number of nitrogens with one attached hydrogen (secondary N) is 2. The van der Waals surface area contributed by atoms with Crippen LogP contribution < -0.4 is 22.1 Å². The predicted octanol–water partition coefficient (Wildman–Crippen LogP) is 2.29. The first-order valence-electron chi connectivity index (χ1n) is 9.37. The first-order chi connectivity index (χ1) is 13.5. The second-order valence-electron chi connectivity index (χ2n) is 7.20. The van der Waals surface area contributed by atoms with Crippen molar-refractivity contribution in [1.29, 1.82) is 0 Å². The third-order valence-corrected chi connectivity index (χ3v) is 5.50. The third-order valence-electron chi connectivity index (χ3n) is 5.14.